The molecule has 0 unspecified atom stereocenters. The Morgan fingerprint density at radius 2 is 1.54 bits per heavy atom. The molecule has 26 heavy (non-hydrogen) atoms. The molecule has 0 saturated heterocycles. The van der Waals surface area contributed by atoms with Gasteiger partial charge in [-0.15, -0.1) is 12.4 Å². The van der Waals surface area contributed by atoms with Crippen LogP contribution in [0.15, 0.2) is 77.7 Å². The summed E-state index contributed by atoms with van der Waals surface area (Å²) in [5.41, 5.74) is 8.49. The van der Waals surface area contributed by atoms with Crippen molar-refractivity contribution in [3.63, 3.8) is 0 Å². The third-order valence-electron chi connectivity index (χ3n) is 4.11. The SMILES string of the molecule is Cc1c(N)c(=O)n(-c2ccccc2)n1C.Cl.c1ccc2ncccc2c1. The Morgan fingerprint density at radius 1 is 0.923 bits per heavy atom. The number of para-hydroxylation sites is 2. The second-order valence-corrected chi connectivity index (χ2v) is 5.67. The average Bonchev–Trinajstić information content (AvgIpc) is 2.86. The molecule has 134 valence electrons. The highest BCUT2D eigenvalue weighted by atomic mass is 35.5. The molecule has 4 aromatic rings. The van der Waals surface area contributed by atoms with Crippen molar-refractivity contribution < 1.29 is 0 Å². The summed E-state index contributed by atoms with van der Waals surface area (Å²) in [6, 6.07) is 21.5. The van der Waals surface area contributed by atoms with Gasteiger partial charge in [-0.1, -0.05) is 42.5 Å². The monoisotopic (exact) mass is 368 g/mol. The Balaban J connectivity index is 0.000000193. The van der Waals surface area contributed by atoms with Crippen LogP contribution < -0.4 is 11.3 Å². The highest BCUT2D eigenvalue weighted by Crippen LogP contribution is 2.10. The number of nitrogens with two attached hydrogens (primary N) is 1. The first-order valence-corrected chi connectivity index (χ1v) is 7.99. The summed E-state index contributed by atoms with van der Waals surface area (Å²) < 4.78 is 3.32. The molecule has 0 bridgehead atoms. The van der Waals surface area contributed by atoms with E-state index in [1.165, 1.54) is 5.39 Å². The maximum atomic E-state index is 11.8. The van der Waals surface area contributed by atoms with Gasteiger partial charge in [0.05, 0.1) is 16.9 Å². The predicted molar refractivity (Wildman–Crippen MR) is 109 cm³/mol. The molecule has 4 rings (SSSR count). The number of anilines is 1. The van der Waals surface area contributed by atoms with Gasteiger partial charge in [-0.05, 0) is 31.2 Å². The van der Waals surface area contributed by atoms with Crippen LogP contribution in [0.3, 0.4) is 0 Å². The fourth-order valence-corrected chi connectivity index (χ4v) is 2.61. The van der Waals surface area contributed by atoms with Gasteiger partial charge < -0.3 is 5.73 Å². The molecular weight excluding hydrogens is 348 g/mol. The van der Waals surface area contributed by atoms with E-state index in [0.29, 0.717) is 5.69 Å². The molecule has 0 aliphatic rings. The number of hydrogen-bond acceptors (Lipinski definition) is 3. The minimum Gasteiger partial charge on any atom is -0.393 e. The standard InChI is InChI=1S/C11H13N3O.C9H7N.ClH/c1-8-10(12)11(15)14(13(8)2)9-6-4-3-5-7-9;1-2-6-9-8(4-1)5-3-7-10-9;/h3-7H,12H2,1-2H3;1-7H;1H. The number of fused-ring (bicyclic) bond motifs is 1. The lowest BCUT2D eigenvalue weighted by molar-refractivity contribution is 0.630. The molecule has 0 fully saturated rings. The lowest BCUT2D eigenvalue weighted by Gasteiger charge is -2.07. The molecular formula is C20H21ClN4O. The molecule has 2 aromatic carbocycles. The summed E-state index contributed by atoms with van der Waals surface area (Å²) in [6.45, 7) is 1.83. The number of nitrogen functional groups attached to an aromatic ring is 1. The van der Waals surface area contributed by atoms with E-state index >= 15 is 0 Å². The van der Waals surface area contributed by atoms with Crippen molar-refractivity contribution in [1.82, 2.24) is 14.3 Å². The number of pyridine rings is 1. The highest BCUT2D eigenvalue weighted by molar-refractivity contribution is 5.85. The van der Waals surface area contributed by atoms with Crippen LogP contribution in [0.2, 0.25) is 0 Å². The zero-order valence-electron chi connectivity index (χ0n) is 14.7. The number of aromatic nitrogens is 3. The summed E-state index contributed by atoms with van der Waals surface area (Å²) in [7, 11) is 1.82. The predicted octanol–water partition coefficient (Wildman–Crippen LogP) is 3.72. The van der Waals surface area contributed by atoms with Gasteiger partial charge in [-0.2, -0.15) is 0 Å². The quantitative estimate of drug-likeness (QED) is 0.556. The van der Waals surface area contributed by atoms with Crippen LogP contribution >= 0.6 is 12.4 Å². The minimum atomic E-state index is -0.166. The fraction of sp³-hybridized carbons (Fsp3) is 0.100. The van der Waals surface area contributed by atoms with E-state index in [2.05, 4.69) is 17.1 Å². The van der Waals surface area contributed by atoms with E-state index in [9.17, 15) is 4.79 Å². The van der Waals surface area contributed by atoms with Crippen molar-refractivity contribution in [2.75, 3.05) is 5.73 Å². The van der Waals surface area contributed by atoms with Gasteiger partial charge in [0.15, 0.2) is 0 Å². The molecule has 0 atom stereocenters. The summed E-state index contributed by atoms with van der Waals surface area (Å²) in [5, 5.41) is 1.20. The zero-order chi connectivity index (χ0) is 17.8. The summed E-state index contributed by atoms with van der Waals surface area (Å²) in [4.78, 5) is 16.0. The Hall–Kier alpha value is -3.05. The van der Waals surface area contributed by atoms with Crippen molar-refractivity contribution in [2.24, 2.45) is 7.05 Å². The van der Waals surface area contributed by atoms with Crippen LogP contribution in [-0.4, -0.2) is 14.3 Å². The lowest BCUT2D eigenvalue weighted by atomic mass is 10.2. The first-order valence-electron chi connectivity index (χ1n) is 7.99. The van der Waals surface area contributed by atoms with Crippen LogP contribution in [0.1, 0.15) is 5.69 Å². The van der Waals surface area contributed by atoms with Crippen molar-refractivity contribution in [3.8, 4) is 5.69 Å². The largest absolute Gasteiger partial charge is 0.393 e. The number of hydrogen-bond donors (Lipinski definition) is 1. The van der Waals surface area contributed by atoms with Gasteiger partial charge in [0.1, 0.15) is 5.69 Å². The van der Waals surface area contributed by atoms with E-state index in [1.54, 1.807) is 9.36 Å². The molecule has 0 aliphatic carbocycles. The molecule has 0 amide bonds. The van der Waals surface area contributed by atoms with Crippen LogP contribution in [0.5, 0.6) is 0 Å². The Bertz CT molecular complexity index is 989. The van der Waals surface area contributed by atoms with Crippen LogP contribution in [0.25, 0.3) is 16.6 Å². The second-order valence-electron chi connectivity index (χ2n) is 5.67. The molecule has 2 N–H and O–H groups in total. The van der Waals surface area contributed by atoms with Crippen LogP contribution in [0, 0.1) is 6.92 Å². The van der Waals surface area contributed by atoms with Crippen LogP contribution in [-0.2, 0) is 7.05 Å². The molecule has 0 radical (unpaired) electrons. The van der Waals surface area contributed by atoms with E-state index < -0.39 is 0 Å². The third kappa shape index (κ3) is 3.78. The topological polar surface area (TPSA) is 65.8 Å². The van der Waals surface area contributed by atoms with E-state index in [0.717, 1.165) is 16.9 Å². The summed E-state index contributed by atoms with van der Waals surface area (Å²) >= 11 is 0. The Morgan fingerprint density at radius 3 is 2.15 bits per heavy atom. The summed E-state index contributed by atoms with van der Waals surface area (Å²) in [5.74, 6) is 0. The third-order valence-corrected chi connectivity index (χ3v) is 4.11. The molecule has 5 nitrogen and oxygen atoms in total. The maximum Gasteiger partial charge on any atom is 0.294 e. The fourth-order valence-electron chi connectivity index (χ4n) is 2.61. The van der Waals surface area contributed by atoms with E-state index in [4.69, 9.17) is 5.73 Å². The van der Waals surface area contributed by atoms with Gasteiger partial charge in [0.25, 0.3) is 5.56 Å². The van der Waals surface area contributed by atoms with Gasteiger partial charge in [0.2, 0.25) is 0 Å². The number of nitrogens with zero attached hydrogens (tertiary/aromatic N) is 3. The molecule has 2 aromatic heterocycles. The second kappa shape index (κ2) is 8.36. The smallest absolute Gasteiger partial charge is 0.294 e. The molecule has 0 spiro atoms. The lowest BCUT2D eigenvalue weighted by Crippen LogP contribution is -2.20. The van der Waals surface area contributed by atoms with E-state index in [1.807, 2.05) is 74.8 Å². The van der Waals surface area contributed by atoms with Crippen molar-refractivity contribution >= 4 is 29.0 Å². The molecule has 6 heteroatoms. The molecule has 0 aliphatic heterocycles. The number of benzene rings is 2. The van der Waals surface area contributed by atoms with Gasteiger partial charge in [-0.25, -0.2) is 4.68 Å². The normalized spacial score (nSPS) is 9.92. The first-order chi connectivity index (χ1) is 12.1. The number of rotatable bonds is 1. The minimum absolute atomic E-state index is 0. The van der Waals surface area contributed by atoms with Gasteiger partial charge in [0, 0.05) is 18.6 Å². The number of halogens is 1. The van der Waals surface area contributed by atoms with Gasteiger partial charge in [-0.3, -0.25) is 14.5 Å². The highest BCUT2D eigenvalue weighted by Gasteiger charge is 2.12. The Labute approximate surface area is 158 Å². The Kier molecular flexibility index (Phi) is 6.20. The molecule has 2 heterocycles. The maximum absolute atomic E-state index is 11.8. The average molecular weight is 369 g/mol. The van der Waals surface area contributed by atoms with Crippen molar-refractivity contribution in [2.45, 2.75) is 6.92 Å². The van der Waals surface area contributed by atoms with Crippen LogP contribution in [0.4, 0.5) is 5.69 Å². The van der Waals surface area contributed by atoms with Crippen molar-refractivity contribution in [1.29, 1.82) is 0 Å². The first kappa shape index (κ1) is 19.3. The van der Waals surface area contributed by atoms with Gasteiger partial charge >= 0.3 is 0 Å². The van der Waals surface area contributed by atoms with E-state index in [-0.39, 0.29) is 18.0 Å². The van der Waals surface area contributed by atoms with Crippen molar-refractivity contribution in [3.05, 3.63) is 89.0 Å². The molecule has 0 saturated carbocycles. The zero-order valence-corrected chi connectivity index (χ0v) is 15.5. The summed E-state index contributed by atoms with van der Waals surface area (Å²) in [6.07, 6.45) is 1.81.